The maximum absolute atomic E-state index is 13.0. The van der Waals surface area contributed by atoms with Gasteiger partial charge in [-0.2, -0.15) is 26.3 Å². The Hall–Kier alpha value is -3.32. The number of carboxylic acids is 3. The number of anilines is 1. The molecular weight excluding hydrogens is 555 g/mol. The smallest absolute Gasteiger partial charge is 0.481 e. The van der Waals surface area contributed by atoms with Gasteiger partial charge in [-0.05, 0) is 0 Å². The Kier molecular flexibility index (Phi) is 12.7. The third-order valence-electron chi connectivity index (χ3n) is 5.34. The van der Waals surface area contributed by atoms with Crippen LogP contribution in [-0.2, 0) is 19.1 Å². The van der Waals surface area contributed by atoms with Gasteiger partial charge in [0, 0.05) is 59.0 Å². The second kappa shape index (κ2) is 14.7. The molecule has 19 heteroatoms. The number of carbonyl (C=O) groups is 3. The molecule has 1 aromatic rings. The number of methoxy groups -OCH3 is 1. The highest BCUT2D eigenvalue weighted by atomic mass is 19.4. The van der Waals surface area contributed by atoms with Gasteiger partial charge in [0.25, 0.3) is 0 Å². The highest BCUT2D eigenvalue weighted by Crippen LogP contribution is 2.21. The highest BCUT2D eigenvalue weighted by molar-refractivity contribution is 5.73. The number of ether oxygens (including phenoxy) is 1. The second-order valence-corrected chi connectivity index (χ2v) is 8.19. The lowest BCUT2D eigenvalue weighted by Gasteiger charge is -2.41. The van der Waals surface area contributed by atoms with E-state index in [9.17, 15) is 40.6 Å². The van der Waals surface area contributed by atoms with Gasteiger partial charge in [-0.1, -0.05) is 0 Å². The molecule has 0 saturated carbocycles. The molecule has 3 rings (SSSR count). The van der Waals surface area contributed by atoms with Gasteiger partial charge in [0.1, 0.15) is 0 Å². The summed E-state index contributed by atoms with van der Waals surface area (Å²) in [4.78, 5) is 43.9. The standard InChI is InChI=1S/C16H24FN5O3.2C2HF3O2/c1-25-5-4-20-8-12(15(23)24)9-21-2-3-22(11-14(21)10-20)16-18-6-13(17)7-19-16;2*3-2(4,5)1(6)7/h6-7,12,14H,2-5,8-11H2,1H3,(H,23,24);2*(H,6,7). The van der Waals surface area contributed by atoms with Crippen molar-refractivity contribution in [1.82, 2.24) is 19.8 Å². The average Bonchev–Trinajstić information content (AvgIpc) is 3.01. The van der Waals surface area contributed by atoms with Crippen molar-refractivity contribution < 1.29 is 65.2 Å². The summed E-state index contributed by atoms with van der Waals surface area (Å²) in [5.41, 5.74) is 0. The summed E-state index contributed by atoms with van der Waals surface area (Å²) >= 11 is 0. The summed E-state index contributed by atoms with van der Waals surface area (Å²) in [6, 6.07) is 0.184. The molecule has 222 valence electrons. The fourth-order valence-electron chi connectivity index (χ4n) is 3.54. The normalized spacial score (nSPS) is 20.4. The number of carboxylic acid groups (broad SMARTS) is 3. The first-order valence-corrected chi connectivity index (χ1v) is 11.0. The molecule has 2 atom stereocenters. The van der Waals surface area contributed by atoms with Gasteiger partial charge in [0.05, 0.1) is 24.9 Å². The van der Waals surface area contributed by atoms with Crippen LogP contribution in [0.1, 0.15) is 0 Å². The minimum atomic E-state index is -5.08. The van der Waals surface area contributed by atoms with E-state index in [0.717, 1.165) is 13.1 Å². The Morgan fingerprint density at radius 2 is 1.44 bits per heavy atom. The van der Waals surface area contributed by atoms with Crippen LogP contribution in [0.2, 0.25) is 0 Å². The number of aliphatic carboxylic acids is 3. The first-order valence-electron chi connectivity index (χ1n) is 11.0. The van der Waals surface area contributed by atoms with Crippen molar-refractivity contribution in [2.75, 3.05) is 64.4 Å². The molecule has 2 unspecified atom stereocenters. The van der Waals surface area contributed by atoms with Crippen LogP contribution in [-0.4, -0.2) is 131 Å². The van der Waals surface area contributed by atoms with Crippen LogP contribution in [0.25, 0.3) is 0 Å². The van der Waals surface area contributed by atoms with E-state index in [-0.39, 0.29) is 6.04 Å². The van der Waals surface area contributed by atoms with E-state index in [4.69, 9.17) is 24.5 Å². The number of aromatic nitrogens is 2. The third-order valence-corrected chi connectivity index (χ3v) is 5.34. The summed E-state index contributed by atoms with van der Waals surface area (Å²) in [5, 5.41) is 23.8. The first kappa shape index (κ1) is 33.7. The van der Waals surface area contributed by atoms with Crippen molar-refractivity contribution in [2.45, 2.75) is 18.4 Å². The molecule has 2 aliphatic rings. The molecule has 0 amide bonds. The minimum absolute atomic E-state index is 0.184. The minimum Gasteiger partial charge on any atom is -0.481 e. The van der Waals surface area contributed by atoms with Crippen molar-refractivity contribution >= 4 is 23.9 Å². The SMILES string of the molecule is COCCN1CC(C(=O)O)CN2CCN(c3ncc(F)cn3)CC2C1.O=C(O)C(F)(F)F.O=C(O)C(F)(F)F. The Morgan fingerprint density at radius 3 is 1.87 bits per heavy atom. The number of fused-ring (bicyclic) bond motifs is 1. The maximum Gasteiger partial charge on any atom is 0.490 e. The molecule has 0 aliphatic carbocycles. The molecule has 3 heterocycles. The first-order chi connectivity index (χ1) is 17.9. The Bertz CT molecular complexity index is 926. The third kappa shape index (κ3) is 11.9. The molecular formula is C20H26F7N5O7. The van der Waals surface area contributed by atoms with E-state index in [1.54, 1.807) is 7.11 Å². The van der Waals surface area contributed by atoms with Gasteiger partial charge >= 0.3 is 30.3 Å². The van der Waals surface area contributed by atoms with E-state index in [1.807, 2.05) is 4.90 Å². The Morgan fingerprint density at radius 1 is 0.923 bits per heavy atom. The summed E-state index contributed by atoms with van der Waals surface area (Å²) in [7, 11) is 1.65. The number of hydrogen-bond donors (Lipinski definition) is 3. The van der Waals surface area contributed by atoms with E-state index in [1.165, 1.54) is 12.4 Å². The molecule has 12 nitrogen and oxygen atoms in total. The summed E-state index contributed by atoms with van der Waals surface area (Å²) < 4.78 is 81.7. The van der Waals surface area contributed by atoms with E-state index < -0.39 is 42.0 Å². The van der Waals surface area contributed by atoms with Gasteiger partial charge in [0.15, 0.2) is 5.82 Å². The number of piperazine rings is 1. The fraction of sp³-hybridized carbons (Fsp3) is 0.650. The molecule has 0 aromatic carbocycles. The van der Waals surface area contributed by atoms with Gasteiger partial charge < -0.3 is 25.0 Å². The van der Waals surface area contributed by atoms with E-state index in [2.05, 4.69) is 19.8 Å². The van der Waals surface area contributed by atoms with Crippen molar-refractivity contribution in [3.8, 4) is 0 Å². The summed E-state index contributed by atoms with van der Waals surface area (Å²) in [6.07, 6.45) is -7.82. The van der Waals surface area contributed by atoms with Crippen LogP contribution in [0.15, 0.2) is 12.4 Å². The van der Waals surface area contributed by atoms with Crippen molar-refractivity contribution in [1.29, 1.82) is 0 Å². The predicted molar refractivity (Wildman–Crippen MR) is 116 cm³/mol. The van der Waals surface area contributed by atoms with Crippen LogP contribution in [0.5, 0.6) is 0 Å². The number of hydrogen-bond acceptors (Lipinski definition) is 9. The van der Waals surface area contributed by atoms with Gasteiger partial charge in [-0.15, -0.1) is 0 Å². The number of alkyl halides is 6. The van der Waals surface area contributed by atoms with Crippen LogP contribution in [0.4, 0.5) is 36.7 Å². The van der Waals surface area contributed by atoms with Gasteiger partial charge in [-0.25, -0.2) is 23.9 Å². The molecule has 2 aliphatic heterocycles. The Balaban J connectivity index is 0.000000449. The van der Waals surface area contributed by atoms with Crippen LogP contribution >= 0.6 is 0 Å². The molecule has 1 aromatic heterocycles. The molecule has 2 saturated heterocycles. The monoisotopic (exact) mass is 581 g/mol. The molecule has 3 N–H and O–H groups in total. The molecule has 0 radical (unpaired) electrons. The zero-order chi connectivity index (χ0) is 30.0. The maximum atomic E-state index is 13.0. The molecule has 0 spiro atoms. The largest absolute Gasteiger partial charge is 0.490 e. The van der Waals surface area contributed by atoms with Gasteiger partial charge in [-0.3, -0.25) is 14.6 Å². The van der Waals surface area contributed by atoms with Crippen molar-refractivity contribution in [3.63, 3.8) is 0 Å². The Labute approximate surface area is 216 Å². The predicted octanol–water partition coefficient (Wildman–Crippen LogP) is 1.04. The van der Waals surface area contributed by atoms with Crippen LogP contribution in [0.3, 0.4) is 0 Å². The zero-order valence-corrected chi connectivity index (χ0v) is 20.3. The number of rotatable bonds is 5. The summed E-state index contributed by atoms with van der Waals surface area (Å²) in [5.74, 6) is -6.61. The van der Waals surface area contributed by atoms with Crippen LogP contribution < -0.4 is 4.90 Å². The number of nitrogens with zero attached hydrogens (tertiary/aromatic N) is 5. The zero-order valence-electron chi connectivity index (χ0n) is 20.3. The van der Waals surface area contributed by atoms with Crippen molar-refractivity contribution in [2.24, 2.45) is 5.92 Å². The van der Waals surface area contributed by atoms with Crippen LogP contribution in [0, 0.1) is 11.7 Å². The average molecular weight is 581 g/mol. The molecule has 39 heavy (non-hydrogen) atoms. The quantitative estimate of drug-likeness (QED) is 0.425. The van der Waals surface area contributed by atoms with E-state index >= 15 is 0 Å². The summed E-state index contributed by atoms with van der Waals surface area (Å²) in [6.45, 7) is 5.26. The van der Waals surface area contributed by atoms with Gasteiger partial charge in [0.2, 0.25) is 5.95 Å². The topological polar surface area (TPSA) is 157 Å². The fourth-order valence-corrected chi connectivity index (χ4v) is 3.54. The molecule has 0 bridgehead atoms. The lowest BCUT2D eigenvalue weighted by molar-refractivity contribution is -0.193. The van der Waals surface area contributed by atoms with Crippen molar-refractivity contribution in [3.05, 3.63) is 18.2 Å². The second-order valence-electron chi connectivity index (χ2n) is 8.19. The molecule has 2 fully saturated rings. The lowest BCUT2D eigenvalue weighted by Crippen LogP contribution is -2.56. The highest BCUT2D eigenvalue weighted by Gasteiger charge is 2.39. The van der Waals surface area contributed by atoms with E-state index in [0.29, 0.717) is 45.3 Å². The number of halogens is 7. The lowest BCUT2D eigenvalue weighted by atomic mass is 10.1.